The Morgan fingerprint density at radius 1 is 1.26 bits per heavy atom. The van der Waals surface area contributed by atoms with E-state index in [0.29, 0.717) is 5.56 Å². The van der Waals surface area contributed by atoms with Gasteiger partial charge in [-0.3, -0.25) is 4.79 Å². The topological polar surface area (TPSA) is 59.3 Å². The van der Waals surface area contributed by atoms with Gasteiger partial charge in [-0.1, -0.05) is 6.07 Å². The van der Waals surface area contributed by atoms with Gasteiger partial charge < -0.3 is 9.67 Å². The summed E-state index contributed by atoms with van der Waals surface area (Å²) in [4.78, 5) is 22.7. The fourth-order valence-corrected chi connectivity index (χ4v) is 2.34. The number of carboxylic acid groups (broad SMARTS) is 1. The minimum atomic E-state index is -1.05. The van der Waals surface area contributed by atoms with E-state index in [1.54, 1.807) is 10.8 Å². The van der Waals surface area contributed by atoms with Gasteiger partial charge >= 0.3 is 5.97 Å². The summed E-state index contributed by atoms with van der Waals surface area (Å²) in [5.41, 5.74) is 2.22. The van der Waals surface area contributed by atoms with Crippen LogP contribution in [0.5, 0.6) is 0 Å². The van der Waals surface area contributed by atoms with Crippen LogP contribution in [0.4, 0.5) is 0 Å². The van der Waals surface area contributed by atoms with Crippen LogP contribution in [-0.4, -0.2) is 21.4 Å². The highest BCUT2D eigenvalue weighted by Crippen LogP contribution is 2.22. The molecule has 4 nitrogen and oxygen atoms in total. The van der Waals surface area contributed by atoms with Crippen LogP contribution in [0, 0.1) is 10.5 Å². The summed E-state index contributed by atoms with van der Waals surface area (Å²) in [5, 5.41) is 9.25. The molecule has 1 heterocycles. The third-order valence-electron chi connectivity index (χ3n) is 2.88. The van der Waals surface area contributed by atoms with Crippen molar-refractivity contribution in [3.8, 4) is 5.69 Å². The van der Waals surface area contributed by atoms with Crippen molar-refractivity contribution in [1.29, 1.82) is 0 Å². The van der Waals surface area contributed by atoms with Gasteiger partial charge in [-0.2, -0.15) is 0 Å². The molecule has 0 saturated heterocycles. The van der Waals surface area contributed by atoms with Crippen molar-refractivity contribution in [2.45, 2.75) is 13.8 Å². The molecule has 0 radical (unpaired) electrons. The normalized spacial score (nSPS) is 10.5. The number of hydrogen-bond donors (Lipinski definition) is 1. The quantitative estimate of drug-likeness (QED) is 0.667. The molecular weight excluding hydrogens is 357 g/mol. The molecule has 5 heteroatoms. The number of carbonyl (C=O) groups is 2. The number of aromatic carboxylic acids is 1. The average molecular weight is 369 g/mol. The Balaban J connectivity index is 2.70. The number of aromatic nitrogens is 1. The number of aryl methyl sites for hydroxylation is 1. The molecule has 0 atom stereocenters. The van der Waals surface area contributed by atoms with Crippen molar-refractivity contribution in [2.24, 2.45) is 0 Å². The van der Waals surface area contributed by atoms with Gasteiger partial charge in [0.15, 0.2) is 5.78 Å². The zero-order chi connectivity index (χ0) is 14.2. The fraction of sp³-hybridized carbons (Fsp3) is 0.143. The number of Topliss-reactive ketones (excluding diaryl/α,β-unsaturated/α-hetero) is 1. The van der Waals surface area contributed by atoms with Crippen molar-refractivity contribution < 1.29 is 14.7 Å². The summed E-state index contributed by atoms with van der Waals surface area (Å²) in [6, 6.07) is 7.18. The molecule has 19 heavy (non-hydrogen) atoms. The van der Waals surface area contributed by atoms with Gasteiger partial charge in [0, 0.05) is 21.0 Å². The van der Waals surface area contributed by atoms with E-state index >= 15 is 0 Å². The minimum absolute atomic E-state index is 0.0929. The van der Waals surface area contributed by atoms with Gasteiger partial charge in [0.1, 0.15) is 5.69 Å². The van der Waals surface area contributed by atoms with E-state index in [-0.39, 0.29) is 11.5 Å². The lowest BCUT2D eigenvalue weighted by Crippen LogP contribution is -2.07. The summed E-state index contributed by atoms with van der Waals surface area (Å²) >= 11 is 2.17. The molecule has 2 aromatic rings. The summed E-state index contributed by atoms with van der Waals surface area (Å²) in [6.07, 6.45) is 1.57. The molecule has 2 rings (SSSR count). The predicted molar refractivity (Wildman–Crippen MR) is 80.2 cm³/mol. The second kappa shape index (κ2) is 5.16. The number of nitrogens with zero attached hydrogens (tertiary/aromatic N) is 1. The second-order valence-corrected chi connectivity index (χ2v) is 5.52. The van der Waals surface area contributed by atoms with Crippen molar-refractivity contribution in [2.75, 3.05) is 0 Å². The lowest BCUT2D eigenvalue weighted by atomic mass is 10.2. The molecule has 1 aromatic heterocycles. The van der Waals surface area contributed by atoms with Crippen molar-refractivity contribution in [3.63, 3.8) is 0 Å². The Labute approximate surface area is 124 Å². The second-order valence-electron chi connectivity index (χ2n) is 4.28. The van der Waals surface area contributed by atoms with E-state index in [9.17, 15) is 14.7 Å². The molecule has 0 aliphatic rings. The minimum Gasteiger partial charge on any atom is -0.477 e. The predicted octanol–water partition coefficient (Wildman–Crippen LogP) is 3.29. The highest BCUT2D eigenvalue weighted by atomic mass is 127. The van der Waals surface area contributed by atoms with Crippen LogP contribution in [0.2, 0.25) is 0 Å². The van der Waals surface area contributed by atoms with Gasteiger partial charge in [0.25, 0.3) is 0 Å². The monoisotopic (exact) mass is 369 g/mol. The molecular formula is C14H12INO3. The number of rotatable bonds is 3. The van der Waals surface area contributed by atoms with Crippen molar-refractivity contribution >= 4 is 34.3 Å². The van der Waals surface area contributed by atoms with E-state index < -0.39 is 5.97 Å². The highest BCUT2D eigenvalue weighted by molar-refractivity contribution is 14.1. The number of carbonyl (C=O) groups excluding carboxylic acids is 1. The molecule has 0 amide bonds. The maximum Gasteiger partial charge on any atom is 0.352 e. The van der Waals surface area contributed by atoms with E-state index in [4.69, 9.17) is 0 Å². The summed E-state index contributed by atoms with van der Waals surface area (Å²) < 4.78 is 2.56. The lowest BCUT2D eigenvalue weighted by molar-refractivity contribution is 0.0688. The number of halogens is 1. The molecule has 0 bridgehead atoms. The zero-order valence-corrected chi connectivity index (χ0v) is 12.6. The van der Waals surface area contributed by atoms with E-state index in [0.717, 1.165) is 14.8 Å². The molecule has 98 valence electrons. The first-order valence-corrected chi connectivity index (χ1v) is 6.71. The van der Waals surface area contributed by atoms with Gasteiger partial charge in [0.2, 0.25) is 0 Å². The smallest absolute Gasteiger partial charge is 0.352 e. The highest BCUT2D eigenvalue weighted by Gasteiger charge is 2.17. The maximum absolute atomic E-state index is 11.4. The van der Waals surface area contributed by atoms with Gasteiger partial charge in [-0.25, -0.2) is 4.79 Å². The molecule has 1 aromatic carbocycles. The standard InChI is InChI=1S/C14H12INO3/c1-8-3-4-11(15)6-12(8)16-7-10(9(2)17)5-13(16)14(18)19/h3-7H,1-2H3,(H,18,19). The van der Waals surface area contributed by atoms with Crippen LogP contribution in [-0.2, 0) is 0 Å². The third-order valence-corrected chi connectivity index (χ3v) is 3.55. The number of ketones is 1. The number of benzene rings is 1. The molecule has 0 unspecified atom stereocenters. The number of carboxylic acids is 1. The largest absolute Gasteiger partial charge is 0.477 e. The van der Waals surface area contributed by atoms with Crippen LogP contribution in [0.1, 0.15) is 33.3 Å². The Bertz CT molecular complexity index is 673. The Morgan fingerprint density at radius 3 is 2.53 bits per heavy atom. The maximum atomic E-state index is 11.4. The van der Waals surface area contributed by atoms with Crippen LogP contribution in [0.25, 0.3) is 5.69 Å². The van der Waals surface area contributed by atoms with E-state index in [1.807, 2.05) is 25.1 Å². The van der Waals surface area contributed by atoms with Gasteiger partial charge in [-0.15, -0.1) is 0 Å². The third kappa shape index (κ3) is 2.70. The molecule has 0 fully saturated rings. The van der Waals surface area contributed by atoms with Crippen LogP contribution in [0.3, 0.4) is 0 Å². The summed E-state index contributed by atoms with van der Waals surface area (Å²) in [5.74, 6) is -1.20. The fourth-order valence-electron chi connectivity index (χ4n) is 1.86. The molecule has 0 saturated carbocycles. The molecule has 0 aliphatic heterocycles. The lowest BCUT2D eigenvalue weighted by Gasteiger charge is -2.10. The Morgan fingerprint density at radius 2 is 1.95 bits per heavy atom. The van der Waals surface area contributed by atoms with Crippen molar-refractivity contribution in [3.05, 3.63) is 50.9 Å². The van der Waals surface area contributed by atoms with Crippen LogP contribution < -0.4 is 0 Å². The summed E-state index contributed by atoms with van der Waals surface area (Å²) in [6.45, 7) is 3.33. The molecule has 0 aliphatic carbocycles. The van der Waals surface area contributed by atoms with Crippen LogP contribution >= 0.6 is 22.6 Å². The Hall–Kier alpha value is -1.63. The average Bonchev–Trinajstić information content (AvgIpc) is 2.77. The first kappa shape index (κ1) is 13.8. The van der Waals surface area contributed by atoms with E-state index in [2.05, 4.69) is 22.6 Å². The van der Waals surface area contributed by atoms with E-state index in [1.165, 1.54) is 13.0 Å². The summed E-state index contributed by atoms with van der Waals surface area (Å²) in [7, 11) is 0. The molecule has 0 spiro atoms. The zero-order valence-electron chi connectivity index (χ0n) is 10.5. The number of hydrogen-bond acceptors (Lipinski definition) is 2. The first-order chi connectivity index (χ1) is 8.90. The van der Waals surface area contributed by atoms with Gasteiger partial charge in [-0.05, 0) is 60.2 Å². The SMILES string of the molecule is CC(=O)c1cc(C(=O)O)n(-c2cc(I)ccc2C)c1. The molecule has 1 N–H and O–H groups in total. The van der Waals surface area contributed by atoms with Crippen molar-refractivity contribution in [1.82, 2.24) is 4.57 Å². The Kier molecular flexibility index (Phi) is 3.75. The first-order valence-electron chi connectivity index (χ1n) is 5.63. The van der Waals surface area contributed by atoms with Crippen LogP contribution in [0.15, 0.2) is 30.5 Å². The van der Waals surface area contributed by atoms with Gasteiger partial charge in [0.05, 0.1) is 0 Å².